The highest BCUT2D eigenvalue weighted by atomic mass is 15.2. The van der Waals surface area contributed by atoms with Gasteiger partial charge in [-0.2, -0.15) is 0 Å². The van der Waals surface area contributed by atoms with E-state index in [4.69, 9.17) is 0 Å². The summed E-state index contributed by atoms with van der Waals surface area (Å²) in [7, 11) is 1.84. The van der Waals surface area contributed by atoms with Crippen molar-refractivity contribution >= 4 is 5.96 Å². The number of hydrogen-bond donors (Lipinski definition) is 2. The summed E-state index contributed by atoms with van der Waals surface area (Å²) in [6.07, 6.45) is 5.36. The van der Waals surface area contributed by atoms with Crippen LogP contribution in [0.3, 0.4) is 0 Å². The zero-order valence-corrected chi connectivity index (χ0v) is 14.5. The van der Waals surface area contributed by atoms with E-state index in [-0.39, 0.29) is 0 Å². The normalized spacial score (nSPS) is 25.2. The number of benzene rings is 1. The van der Waals surface area contributed by atoms with Gasteiger partial charge in [0.2, 0.25) is 0 Å². The Morgan fingerprint density at radius 3 is 2.39 bits per heavy atom. The van der Waals surface area contributed by atoms with Crippen LogP contribution in [-0.4, -0.2) is 37.0 Å². The molecular weight excluding hydrogens is 284 g/mol. The van der Waals surface area contributed by atoms with Crippen molar-refractivity contribution in [3.05, 3.63) is 35.4 Å². The number of hydrogen-bond acceptors (Lipinski definition) is 2. The summed E-state index contributed by atoms with van der Waals surface area (Å²) in [4.78, 5) is 6.87. The molecule has 23 heavy (non-hydrogen) atoms. The molecule has 126 valence electrons. The van der Waals surface area contributed by atoms with Crippen molar-refractivity contribution in [2.75, 3.05) is 20.1 Å². The predicted molar refractivity (Wildman–Crippen MR) is 96.5 cm³/mol. The van der Waals surface area contributed by atoms with Crippen LogP contribution in [0.15, 0.2) is 29.3 Å². The fourth-order valence-electron chi connectivity index (χ4n) is 3.22. The minimum Gasteiger partial charge on any atom is -0.353 e. The second kappa shape index (κ2) is 7.82. The third-order valence-corrected chi connectivity index (χ3v) is 4.99. The number of nitrogens with one attached hydrogen (secondary N) is 2. The van der Waals surface area contributed by atoms with Gasteiger partial charge in [-0.1, -0.05) is 37.6 Å². The van der Waals surface area contributed by atoms with Crippen molar-refractivity contribution in [1.29, 1.82) is 0 Å². The van der Waals surface area contributed by atoms with E-state index in [0.29, 0.717) is 6.04 Å². The molecule has 0 bridgehead atoms. The number of nitrogens with zero attached hydrogens (tertiary/aromatic N) is 2. The largest absolute Gasteiger partial charge is 0.353 e. The van der Waals surface area contributed by atoms with E-state index in [1.54, 1.807) is 0 Å². The standard InChI is InChI=1S/C19H30N4/c1-15-12-18(15)22-19(20-2)21-13-16-6-8-17(9-7-16)14-23-10-4-3-5-11-23/h6-9,15,18H,3-5,10-14H2,1-2H3,(H2,20,21,22). The van der Waals surface area contributed by atoms with Crippen LogP contribution in [0.2, 0.25) is 0 Å². The monoisotopic (exact) mass is 314 g/mol. The van der Waals surface area contributed by atoms with Crippen LogP contribution in [0.4, 0.5) is 0 Å². The Hall–Kier alpha value is -1.55. The van der Waals surface area contributed by atoms with Crippen LogP contribution >= 0.6 is 0 Å². The third-order valence-electron chi connectivity index (χ3n) is 4.99. The van der Waals surface area contributed by atoms with Gasteiger partial charge >= 0.3 is 0 Å². The Labute approximate surface area is 140 Å². The molecule has 1 aliphatic carbocycles. The molecule has 1 aromatic carbocycles. The van der Waals surface area contributed by atoms with Crippen LogP contribution in [-0.2, 0) is 13.1 Å². The first-order valence-electron chi connectivity index (χ1n) is 9.02. The van der Waals surface area contributed by atoms with Gasteiger partial charge in [-0.15, -0.1) is 0 Å². The van der Waals surface area contributed by atoms with E-state index in [0.717, 1.165) is 25.0 Å². The van der Waals surface area contributed by atoms with E-state index in [1.807, 2.05) is 7.05 Å². The van der Waals surface area contributed by atoms with Gasteiger partial charge in [0, 0.05) is 26.2 Å². The summed E-state index contributed by atoms with van der Waals surface area (Å²) in [5.74, 6) is 1.69. The average Bonchev–Trinajstić information content (AvgIpc) is 3.28. The molecule has 1 aliphatic heterocycles. The molecule has 2 aliphatic rings. The molecule has 4 nitrogen and oxygen atoms in total. The molecule has 1 aromatic rings. The Morgan fingerprint density at radius 2 is 1.78 bits per heavy atom. The fraction of sp³-hybridized carbons (Fsp3) is 0.632. The highest BCUT2D eigenvalue weighted by Crippen LogP contribution is 2.28. The lowest BCUT2D eigenvalue weighted by molar-refractivity contribution is 0.221. The summed E-state index contributed by atoms with van der Waals surface area (Å²) in [6, 6.07) is 9.61. The molecule has 0 aromatic heterocycles. The third kappa shape index (κ3) is 4.96. The molecule has 0 spiro atoms. The van der Waals surface area contributed by atoms with Crippen molar-refractivity contribution in [3.63, 3.8) is 0 Å². The lowest BCUT2D eigenvalue weighted by atomic mass is 10.1. The first-order chi connectivity index (χ1) is 11.2. The minimum absolute atomic E-state index is 0.605. The summed E-state index contributed by atoms with van der Waals surface area (Å²) >= 11 is 0. The first-order valence-corrected chi connectivity index (χ1v) is 9.02. The van der Waals surface area contributed by atoms with Crippen LogP contribution < -0.4 is 10.6 Å². The number of aliphatic imine (C=N–C) groups is 1. The van der Waals surface area contributed by atoms with E-state index in [2.05, 4.69) is 51.7 Å². The molecule has 2 fully saturated rings. The topological polar surface area (TPSA) is 39.7 Å². The average molecular weight is 314 g/mol. The van der Waals surface area contributed by atoms with Gasteiger partial charge in [0.15, 0.2) is 5.96 Å². The molecule has 0 radical (unpaired) electrons. The maximum Gasteiger partial charge on any atom is 0.191 e. The molecule has 1 heterocycles. The molecule has 0 amide bonds. The van der Waals surface area contributed by atoms with Crippen LogP contribution in [0.5, 0.6) is 0 Å². The Kier molecular flexibility index (Phi) is 5.55. The maximum atomic E-state index is 4.30. The lowest BCUT2D eigenvalue weighted by Gasteiger charge is -2.26. The van der Waals surface area contributed by atoms with E-state index < -0.39 is 0 Å². The lowest BCUT2D eigenvalue weighted by Crippen LogP contribution is -2.38. The SMILES string of the molecule is CN=C(NCc1ccc(CN2CCCCC2)cc1)NC1CC1C. The molecule has 2 unspecified atom stereocenters. The molecule has 4 heteroatoms. The van der Waals surface area contributed by atoms with Crippen LogP contribution in [0.25, 0.3) is 0 Å². The molecule has 2 N–H and O–H groups in total. The number of likely N-dealkylation sites (tertiary alicyclic amines) is 1. The van der Waals surface area contributed by atoms with Gasteiger partial charge < -0.3 is 10.6 Å². The van der Waals surface area contributed by atoms with Crippen molar-refractivity contribution in [1.82, 2.24) is 15.5 Å². The van der Waals surface area contributed by atoms with Crippen molar-refractivity contribution in [2.45, 2.75) is 51.7 Å². The van der Waals surface area contributed by atoms with Gasteiger partial charge in [-0.05, 0) is 49.4 Å². The van der Waals surface area contributed by atoms with Crippen LogP contribution in [0.1, 0.15) is 43.7 Å². The van der Waals surface area contributed by atoms with Gasteiger partial charge in [0.1, 0.15) is 0 Å². The Morgan fingerprint density at radius 1 is 1.13 bits per heavy atom. The molecule has 2 atom stereocenters. The van der Waals surface area contributed by atoms with E-state index >= 15 is 0 Å². The van der Waals surface area contributed by atoms with Gasteiger partial charge in [-0.3, -0.25) is 9.89 Å². The molecular formula is C19H30N4. The van der Waals surface area contributed by atoms with Crippen molar-refractivity contribution < 1.29 is 0 Å². The second-order valence-electron chi connectivity index (χ2n) is 7.04. The van der Waals surface area contributed by atoms with E-state index in [9.17, 15) is 0 Å². The second-order valence-corrected chi connectivity index (χ2v) is 7.04. The number of rotatable bonds is 5. The smallest absolute Gasteiger partial charge is 0.191 e. The van der Waals surface area contributed by atoms with Crippen LogP contribution in [0, 0.1) is 5.92 Å². The number of piperidine rings is 1. The fourth-order valence-corrected chi connectivity index (χ4v) is 3.22. The Balaban J connectivity index is 1.45. The Bertz CT molecular complexity index is 517. The molecule has 1 saturated carbocycles. The zero-order valence-electron chi connectivity index (χ0n) is 14.5. The summed E-state index contributed by atoms with van der Waals surface area (Å²) in [5, 5.41) is 6.87. The quantitative estimate of drug-likeness (QED) is 0.648. The minimum atomic E-state index is 0.605. The first kappa shape index (κ1) is 16.3. The van der Waals surface area contributed by atoms with Crippen molar-refractivity contribution in [2.24, 2.45) is 10.9 Å². The number of guanidine groups is 1. The van der Waals surface area contributed by atoms with Gasteiger partial charge in [0.05, 0.1) is 0 Å². The highest BCUT2D eigenvalue weighted by Gasteiger charge is 2.33. The molecule has 3 rings (SSSR count). The van der Waals surface area contributed by atoms with Crippen molar-refractivity contribution in [3.8, 4) is 0 Å². The highest BCUT2D eigenvalue weighted by molar-refractivity contribution is 5.80. The van der Waals surface area contributed by atoms with Gasteiger partial charge in [-0.25, -0.2) is 0 Å². The summed E-state index contributed by atoms with van der Waals surface area (Å²) in [6.45, 7) is 6.70. The summed E-state index contributed by atoms with van der Waals surface area (Å²) < 4.78 is 0. The van der Waals surface area contributed by atoms with E-state index in [1.165, 1.54) is 49.9 Å². The maximum absolute atomic E-state index is 4.30. The van der Waals surface area contributed by atoms with Gasteiger partial charge in [0.25, 0.3) is 0 Å². The zero-order chi connectivity index (χ0) is 16.1. The predicted octanol–water partition coefficient (Wildman–Crippen LogP) is 2.75. The summed E-state index contributed by atoms with van der Waals surface area (Å²) in [5.41, 5.74) is 2.73. The molecule has 1 saturated heterocycles.